The third-order valence-corrected chi connectivity index (χ3v) is 5.62. The van der Waals surface area contributed by atoms with Crippen molar-refractivity contribution in [3.63, 3.8) is 0 Å². The highest BCUT2D eigenvalue weighted by molar-refractivity contribution is 7.71. The third kappa shape index (κ3) is 3.06. The van der Waals surface area contributed by atoms with E-state index in [9.17, 15) is 0 Å². The van der Waals surface area contributed by atoms with Gasteiger partial charge >= 0.3 is 0 Å². The Labute approximate surface area is 134 Å². The minimum atomic E-state index is 0.397. The number of likely N-dealkylation sites (N-methyl/N-ethyl adjacent to an activating group) is 1. The van der Waals surface area contributed by atoms with E-state index in [4.69, 9.17) is 12.2 Å². The second-order valence-corrected chi connectivity index (χ2v) is 7.30. The van der Waals surface area contributed by atoms with Crippen LogP contribution < -0.4 is 4.90 Å². The predicted molar refractivity (Wildman–Crippen MR) is 90.8 cm³/mol. The van der Waals surface area contributed by atoms with Gasteiger partial charge in [-0.3, -0.25) is 4.57 Å². The normalized spacial score (nSPS) is 17.2. The van der Waals surface area contributed by atoms with Gasteiger partial charge in [0, 0.05) is 30.4 Å². The third-order valence-electron chi connectivity index (χ3n) is 4.43. The minimum absolute atomic E-state index is 0.397. The fraction of sp³-hybridized carbons (Fsp3) is 0.600. The molecule has 0 bridgehead atoms. The number of rotatable bonds is 5. The van der Waals surface area contributed by atoms with E-state index in [1.165, 1.54) is 30.6 Å². The highest BCUT2D eigenvalue weighted by atomic mass is 32.1. The first kappa shape index (κ1) is 14.8. The number of aromatic amines is 1. The molecule has 1 unspecified atom stereocenters. The van der Waals surface area contributed by atoms with Crippen molar-refractivity contribution >= 4 is 29.5 Å². The monoisotopic (exact) mass is 322 g/mol. The highest BCUT2D eigenvalue weighted by Gasteiger charge is 2.24. The van der Waals surface area contributed by atoms with E-state index in [0.717, 1.165) is 17.1 Å². The van der Waals surface area contributed by atoms with E-state index in [0.29, 0.717) is 12.1 Å². The summed E-state index contributed by atoms with van der Waals surface area (Å²) < 4.78 is 2.99. The molecule has 1 atom stereocenters. The van der Waals surface area contributed by atoms with Gasteiger partial charge in [-0.05, 0) is 43.4 Å². The van der Waals surface area contributed by atoms with Gasteiger partial charge in [0.05, 0.1) is 0 Å². The molecule has 2 aromatic rings. The second-order valence-electron chi connectivity index (χ2n) is 5.88. The second kappa shape index (κ2) is 6.32. The van der Waals surface area contributed by atoms with Crippen LogP contribution in [-0.2, 0) is 6.42 Å². The van der Waals surface area contributed by atoms with Gasteiger partial charge in [0.15, 0.2) is 4.77 Å². The van der Waals surface area contributed by atoms with E-state index in [2.05, 4.69) is 51.1 Å². The van der Waals surface area contributed by atoms with Crippen molar-refractivity contribution in [2.75, 3.05) is 11.9 Å². The number of hydrogen-bond acceptors (Lipinski definition) is 4. The first-order valence-electron chi connectivity index (χ1n) is 7.59. The number of aromatic nitrogens is 3. The van der Waals surface area contributed by atoms with Crippen molar-refractivity contribution in [2.24, 2.45) is 0 Å². The van der Waals surface area contributed by atoms with Crippen LogP contribution in [0.4, 0.5) is 5.95 Å². The lowest BCUT2D eigenvalue weighted by molar-refractivity contribution is 0.502. The Morgan fingerprint density at radius 2 is 2.29 bits per heavy atom. The van der Waals surface area contributed by atoms with Crippen LogP contribution in [0.2, 0.25) is 0 Å². The molecule has 2 heterocycles. The molecular weight excluding hydrogens is 300 g/mol. The number of thiophene rings is 1. The molecule has 1 aliphatic rings. The van der Waals surface area contributed by atoms with Crippen molar-refractivity contribution in [3.05, 3.63) is 27.2 Å². The molecule has 2 aromatic heterocycles. The van der Waals surface area contributed by atoms with Gasteiger partial charge in [0.2, 0.25) is 5.95 Å². The number of nitrogens with one attached hydrogen (secondary N) is 1. The summed E-state index contributed by atoms with van der Waals surface area (Å²) in [5.41, 5.74) is 0. The average Bonchev–Trinajstić information content (AvgIpc) is 3.18. The first-order valence-corrected chi connectivity index (χ1v) is 8.87. The molecule has 114 valence electrons. The van der Waals surface area contributed by atoms with Gasteiger partial charge in [0.1, 0.15) is 0 Å². The predicted octanol–water partition coefficient (Wildman–Crippen LogP) is 4.18. The molecule has 0 saturated heterocycles. The minimum Gasteiger partial charge on any atom is -0.341 e. The van der Waals surface area contributed by atoms with Crippen LogP contribution in [0, 0.1) is 4.77 Å². The molecule has 1 N–H and O–H groups in total. The summed E-state index contributed by atoms with van der Waals surface area (Å²) in [6.07, 6.45) is 6.07. The maximum atomic E-state index is 5.45. The zero-order valence-corrected chi connectivity index (χ0v) is 14.2. The summed E-state index contributed by atoms with van der Waals surface area (Å²) in [4.78, 5) is 3.67. The topological polar surface area (TPSA) is 36.9 Å². The SMILES string of the molecule is CC(Cc1cccs1)N(C)c1n[nH]c(=S)n1C1CCCC1. The lowest BCUT2D eigenvalue weighted by Crippen LogP contribution is -2.33. The van der Waals surface area contributed by atoms with E-state index in [1.807, 2.05) is 11.3 Å². The van der Waals surface area contributed by atoms with Crippen LogP contribution in [-0.4, -0.2) is 27.9 Å². The first-order chi connectivity index (χ1) is 10.2. The Kier molecular flexibility index (Phi) is 4.45. The molecule has 0 aromatic carbocycles. The van der Waals surface area contributed by atoms with Crippen molar-refractivity contribution in [1.82, 2.24) is 14.8 Å². The Morgan fingerprint density at radius 1 is 1.52 bits per heavy atom. The van der Waals surface area contributed by atoms with Gasteiger partial charge in [-0.15, -0.1) is 16.4 Å². The number of nitrogens with zero attached hydrogens (tertiary/aromatic N) is 3. The summed E-state index contributed by atoms with van der Waals surface area (Å²) in [5, 5.41) is 9.61. The van der Waals surface area contributed by atoms with Crippen molar-refractivity contribution in [3.8, 4) is 0 Å². The maximum absolute atomic E-state index is 5.45. The standard InChI is InChI=1S/C15H22N4S2/c1-11(10-13-8-5-9-21-13)18(2)14-16-17-15(20)19(14)12-6-3-4-7-12/h5,8-9,11-12H,3-4,6-7,10H2,1-2H3,(H,17,20). The zero-order chi connectivity index (χ0) is 14.8. The smallest absolute Gasteiger partial charge is 0.225 e. The van der Waals surface area contributed by atoms with Gasteiger partial charge in [-0.2, -0.15) is 0 Å². The zero-order valence-electron chi connectivity index (χ0n) is 12.6. The Balaban J connectivity index is 1.80. The lowest BCUT2D eigenvalue weighted by Gasteiger charge is -2.27. The quantitative estimate of drug-likeness (QED) is 0.839. The highest BCUT2D eigenvalue weighted by Crippen LogP contribution is 2.33. The van der Waals surface area contributed by atoms with Gasteiger partial charge in [-0.1, -0.05) is 18.9 Å². The fourth-order valence-corrected chi connectivity index (χ4v) is 4.19. The van der Waals surface area contributed by atoms with Gasteiger partial charge in [-0.25, -0.2) is 5.10 Å². The van der Waals surface area contributed by atoms with Crippen LogP contribution in [0.5, 0.6) is 0 Å². The summed E-state index contributed by atoms with van der Waals surface area (Å²) >= 11 is 7.27. The number of H-pyrrole nitrogens is 1. The number of hydrogen-bond donors (Lipinski definition) is 1. The Bertz CT molecular complexity index is 622. The van der Waals surface area contributed by atoms with E-state index < -0.39 is 0 Å². The molecule has 1 aliphatic carbocycles. The summed E-state index contributed by atoms with van der Waals surface area (Å²) in [6.45, 7) is 2.25. The van der Waals surface area contributed by atoms with Crippen LogP contribution in [0.3, 0.4) is 0 Å². The lowest BCUT2D eigenvalue weighted by atomic mass is 10.2. The summed E-state index contributed by atoms with van der Waals surface area (Å²) in [6, 6.07) is 5.22. The van der Waals surface area contributed by atoms with Gasteiger partial charge in [0.25, 0.3) is 0 Å². The molecule has 4 nitrogen and oxygen atoms in total. The Morgan fingerprint density at radius 3 is 2.95 bits per heavy atom. The van der Waals surface area contributed by atoms with Crippen molar-refractivity contribution < 1.29 is 0 Å². The molecule has 3 rings (SSSR count). The van der Waals surface area contributed by atoms with Crippen molar-refractivity contribution in [2.45, 2.75) is 51.1 Å². The van der Waals surface area contributed by atoms with Crippen LogP contribution in [0.15, 0.2) is 17.5 Å². The largest absolute Gasteiger partial charge is 0.341 e. The van der Waals surface area contributed by atoms with E-state index in [1.54, 1.807) is 0 Å². The molecule has 0 aliphatic heterocycles. The Hall–Kier alpha value is -1.14. The number of anilines is 1. The average molecular weight is 323 g/mol. The molecule has 1 saturated carbocycles. The molecule has 21 heavy (non-hydrogen) atoms. The molecule has 1 fully saturated rings. The van der Waals surface area contributed by atoms with Crippen LogP contribution >= 0.6 is 23.6 Å². The molecule has 0 radical (unpaired) electrons. The maximum Gasteiger partial charge on any atom is 0.225 e. The molecule has 0 spiro atoms. The van der Waals surface area contributed by atoms with Crippen LogP contribution in [0.1, 0.15) is 43.5 Å². The summed E-state index contributed by atoms with van der Waals surface area (Å²) in [5.74, 6) is 0.982. The van der Waals surface area contributed by atoms with E-state index >= 15 is 0 Å². The molecular formula is C15H22N4S2. The summed E-state index contributed by atoms with van der Waals surface area (Å²) in [7, 11) is 2.12. The van der Waals surface area contributed by atoms with Crippen molar-refractivity contribution in [1.29, 1.82) is 0 Å². The molecule has 6 heteroatoms. The van der Waals surface area contributed by atoms with Crippen LogP contribution in [0.25, 0.3) is 0 Å². The van der Waals surface area contributed by atoms with Gasteiger partial charge < -0.3 is 4.90 Å². The fourth-order valence-electron chi connectivity index (χ4n) is 3.09. The van der Waals surface area contributed by atoms with E-state index in [-0.39, 0.29) is 0 Å². The molecule has 0 amide bonds.